The standard InChI is InChI=1S/C19H23N5O/c25-19(24-12-2-4-15(13-24)17-8-11-22-23-17)21-9-6-14-3-1-5-18-16(14)7-10-20-18/h1,3,5,7-8,10-11,15,20H,2,4,6,9,12-13H2,(H,21,25)(H,22,23)/t15-/m1/s1. The second kappa shape index (κ2) is 7.01. The zero-order valence-electron chi connectivity index (χ0n) is 14.2. The van der Waals surface area contributed by atoms with E-state index in [0.29, 0.717) is 12.5 Å². The number of piperidine rings is 1. The molecule has 2 aromatic heterocycles. The quantitative estimate of drug-likeness (QED) is 0.684. The molecule has 0 radical (unpaired) electrons. The van der Waals surface area contributed by atoms with Gasteiger partial charge >= 0.3 is 6.03 Å². The van der Waals surface area contributed by atoms with Gasteiger partial charge in [-0.25, -0.2) is 4.79 Å². The molecule has 1 aromatic carbocycles. The molecule has 0 spiro atoms. The predicted octanol–water partition coefficient (Wildman–Crippen LogP) is 3.02. The van der Waals surface area contributed by atoms with Crippen LogP contribution in [-0.2, 0) is 6.42 Å². The van der Waals surface area contributed by atoms with Gasteiger partial charge < -0.3 is 15.2 Å². The van der Waals surface area contributed by atoms with Crippen LogP contribution < -0.4 is 5.32 Å². The van der Waals surface area contributed by atoms with Crippen molar-refractivity contribution in [3.8, 4) is 0 Å². The highest BCUT2D eigenvalue weighted by molar-refractivity contribution is 5.83. The van der Waals surface area contributed by atoms with Gasteiger partial charge in [0.25, 0.3) is 0 Å². The van der Waals surface area contributed by atoms with Crippen LogP contribution in [-0.4, -0.2) is 45.7 Å². The minimum absolute atomic E-state index is 0.0328. The number of nitrogens with zero attached hydrogens (tertiary/aromatic N) is 2. The average molecular weight is 337 g/mol. The minimum atomic E-state index is 0.0328. The van der Waals surface area contributed by atoms with Crippen LogP contribution >= 0.6 is 0 Å². The van der Waals surface area contributed by atoms with E-state index in [1.165, 1.54) is 10.9 Å². The van der Waals surface area contributed by atoms with E-state index in [0.717, 1.165) is 43.6 Å². The number of amides is 2. The van der Waals surface area contributed by atoms with Crippen molar-refractivity contribution in [2.45, 2.75) is 25.2 Å². The number of fused-ring (bicyclic) bond motifs is 1. The Hall–Kier alpha value is -2.76. The third kappa shape index (κ3) is 3.38. The number of rotatable bonds is 4. The fraction of sp³-hybridized carbons (Fsp3) is 0.368. The SMILES string of the molecule is O=C(NCCc1cccc2[nH]ccc12)N1CCC[C@@H](c2ccn[nH]2)C1. The fourth-order valence-corrected chi connectivity index (χ4v) is 3.69. The molecule has 1 aliphatic heterocycles. The van der Waals surface area contributed by atoms with E-state index in [-0.39, 0.29) is 6.03 Å². The van der Waals surface area contributed by atoms with E-state index in [2.05, 4.69) is 44.8 Å². The highest BCUT2D eigenvalue weighted by Crippen LogP contribution is 2.25. The number of carbonyl (C=O) groups is 1. The first-order valence-electron chi connectivity index (χ1n) is 8.88. The van der Waals surface area contributed by atoms with Crippen molar-refractivity contribution in [2.24, 2.45) is 0 Å². The monoisotopic (exact) mass is 337 g/mol. The number of H-pyrrole nitrogens is 2. The Morgan fingerprint density at radius 3 is 3.16 bits per heavy atom. The van der Waals surface area contributed by atoms with Crippen LogP contribution in [0, 0.1) is 0 Å². The summed E-state index contributed by atoms with van der Waals surface area (Å²) in [4.78, 5) is 17.6. The molecule has 1 aliphatic rings. The summed E-state index contributed by atoms with van der Waals surface area (Å²) in [6.45, 7) is 2.22. The Bertz CT molecular complexity index is 839. The van der Waals surface area contributed by atoms with Crippen molar-refractivity contribution in [1.82, 2.24) is 25.4 Å². The van der Waals surface area contributed by atoms with Crippen LogP contribution in [0.2, 0.25) is 0 Å². The zero-order chi connectivity index (χ0) is 17.1. The summed E-state index contributed by atoms with van der Waals surface area (Å²) in [6.07, 6.45) is 6.69. The number of nitrogens with one attached hydrogen (secondary N) is 3. The van der Waals surface area contributed by atoms with Crippen LogP contribution in [0.15, 0.2) is 42.7 Å². The lowest BCUT2D eigenvalue weighted by Crippen LogP contribution is -2.45. The molecule has 3 N–H and O–H groups in total. The molecule has 25 heavy (non-hydrogen) atoms. The Balaban J connectivity index is 1.32. The van der Waals surface area contributed by atoms with Crippen molar-refractivity contribution in [3.63, 3.8) is 0 Å². The van der Waals surface area contributed by atoms with Gasteiger partial charge in [0.15, 0.2) is 0 Å². The van der Waals surface area contributed by atoms with Crippen LogP contribution in [0.5, 0.6) is 0 Å². The van der Waals surface area contributed by atoms with Gasteiger partial charge in [-0.3, -0.25) is 5.10 Å². The van der Waals surface area contributed by atoms with Crippen molar-refractivity contribution in [1.29, 1.82) is 0 Å². The van der Waals surface area contributed by atoms with Gasteiger partial charge in [-0.15, -0.1) is 0 Å². The summed E-state index contributed by atoms with van der Waals surface area (Å²) in [5, 5.41) is 11.4. The van der Waals surface area contributed by atoms with Gasteiger partial charge in [-0.2, -0.15) is 5.10 Å². The molecule has 0 aliphatic carbocycles. The molecular formula is C19H23N5O. The van der Waals surface area contributed by atoms with Gasteiger partial charge in [0.2, 0.25) is 0 Å². The third-order valence-corrected chi connectivity index (χ3v) is 5.03. The van der Waals surface area contributed by atoms with Crippen molar-refractivity contribution in [2.75, 3.05) is 19.6 Å². The Morgan fingerprint density at radius 1 is 1.32 bits per heavy atom. The maximum Gasteiger partial charge on any atom is 0.317 e. The number of aromatic amines is 2. The third-order valence-electron chi connectivity index (χ3n) is 5.03. The summed E-state index contributed by atoms with van der Waals surface area (Å²) < 4.78 is 0. The maximum absolute atomic E-state index is 12.5. The average Bonchev–Trinajstić information content (AvgIpc) is 3.34. The predicted molar refractivity (Wildman–Crippen MR) is 97.5 cm³/mol. The minimum Gasteiger partial charge on any atom is -0.361 e. The van der Waals surface area contributed by atoms with E-state index in [4.69, 9.17) is 0 Å². The number of benzene rings is 1. The molecule has 130 valence electrons. The van der Waals surface area contributed by atoms with Gasteiger partial charge in [0.05, 0.1) is 0 Å². The number of carbonyl (C=O) groups excluding carboxylic acids is 1. The molecule has 0 saturated carbocycles. The van der Waals surface area contributed by atoms with Gasteiger partial charge in [0, 0.05) is 54.5 Å². The zero-order valence-corrected chi connectivity index (χ0v) is 14.2. The number of likely N-dealkylation sites (tertiary alicyclic amines) is 1. The highest BCUT2D eigenvalue weighted by atomic mass is 16.2. The summed E-state index contributed by atoms with van der Waals surface area (Å²) in [5.41, 5.74) is 3.52. The summed E-state index contributed by atoms with van der Waals surface area (Å²) in [6, 6.07) is 10.4. The lowest BCUT2D eigenvalue weighted by molar-refractivity contribution is 0.179. The molecule has 1 atom stereocenters. The summed E-state index contributed by atoms with van der Waals surface area (Å²) >= 11 is 0. The first-order chi connectivity index (χ1) is 12.3. The van der Waals surface area contributed by atoms with Crippen LogP contribution in [0.25, 0.3) is 10.9 Å². The molecule has 0 unspecified atom stereocenters. The lowest BCUT2D eigenvalue weighted by Gasteiger charge is -2.32. The van der Waals surface area contributed by atoms with E-state index >= 15 is 0 Å². The van der Waals surface area contributed by atoms with Crippen molar-refractivity contribution in [3.05, 3.63) is 54.0 Å². The lowest BCUT2D eigenvalue weighted by atomic mass is 9.95. The summed E-state index contributed by atoms with van der Waals surface area (Å²) in [7, 11) is 0. The molecule has 1 fully saturated rings. The first kappa shape index (κ1) is 15.7. The molecule has 6 heteroatoms. The summed E-state index contributed by atoms with van der Waals surface area (Å²) in [5.74, 6) is 0.357. The number of hydrogen-bond acceptors (Lipinski definition) is 2. The number of urea groups is 1. The topological polar surface area (TPSA) is 76.8 Å². The van der Waals surface area contributed by atoms with Crippen molar-refractivity contribution >= 4 is 16.9 Å². The second-order valence-corrected chi connectivity index (χ2v) is 6.64. The molecule has 1 saturated heterocycles. The van der Waals surface area contributed by atoms with Crippen molar-refractivity contribution < 1.29 is 4.79 Å². The molecule has 4 rings (SSSR count). The van der Waals surface area contributed by atoms with E-state index in [9.17, 15) is 4.79 Å². The van der Waals surface area contributed by atoms with Crippen LogP contribution in [0.1, 0.15) is 30.0 Å². The number of aromatic nitrogens is 3. The highest BCUT2D eigenvalue weighted by Gasteiger charge is 2.25. The van der Waals surface area contributed by atoms with Crippen LogP contribution in [0.3, 0.4) is 0 Å². The maximum atomic E-state index is 12.5. The molecule has 6 nitrogen and oxygen atoms in total. The molecule has 0 bridgehead atoms. The largest absolute Gasteiger partial charge is 0.361 e. The van der Waals surface area contributed by atoms with Crippen LogP contribution in [0.4, 0.5) is 4.79 Å². The van der Waals surface area contributed by atoms with Gasteiger partial charge in [-0.1, -0.05) is 12.1 Å². The van der Waals surface area contributed by atoms with Gasteiger partial charge in [-0.05, 0) is 43.0 Å². The Labute approximate surface area is 146 Å². The normalized spacial score (nSPS) is 17.8. The van der Waals surface area contributed by atoms with E-state index in [1.807, 2.05) is 17.2 Å². The molecule has 2 amide bonds. The smallest absolute Gasteiger partial charge is 0.317 e. The van der Waals surface area contributed by atoms with E-state index < -0.39 is 0 Å². The Kier molecular flexibility index (Phi) is 4.41. The number of hydrogen-bond donors (Lipinski definition) is 3. The Morgan fingerprint density at radius 2 is 2.28 bits per heavy atom. The molecule has 3 heterocycles. The van der Waals surface area contributed by atoms with E-state index in [1.54, 1.807) is 6.20 Å². The molecular weight excluding hydrogens is 314 g/mol. The first-order valence-corrected chi connectivity index (χ1v) is 8.88. The second-order valence-electron chi connectivity index (χ2n) is 6.64. The van der Waals surface area contributed by atoms with Gasteiger partial charge in [0.1, 0.15) is 0 Å². The fourth-order valence-electron chi connectivity index (χ4n) is 3.69. The molecule has 3 aromatic rings.